The van der Waals surface area contributed by atoms with Crippen LogP contribution in [0.5, 0.6) is 0 Å². The fraction of sp³-hybridized carbons (Fsp3) is 0.533. The molecule has 2 heterocycles. The lowest BCUT2D eigenvalue weighted by Crippen LogP contribution is -2.52. The molecule has 0 bridgehead atoms. The molecule has 4 amide bonds. The van der Waals surface area contributed by atoms with Crippen LogP contribution in [0.25, 0.3) is 0 Å². The maximum Gasteiger partial charge on any atom is 0.397 e. The second kappa shape index (κ2) is 8.99. The molecule has 0 unspecified atom stereocenters. The first-order chi connectivity index (χ1) is 12.2. The summed E-state index contributed by atoms with van der Waals surface area (Å²) < 4.78 is 36.7. The Hall–Kier alpha value is -2.14. The van der Waals surface area contributed by atoms with Gasteiger partial charge in [-0.1, -0.05) is 6.07 Å². The van der Waals surface area contributed by atoms with E-state index in [1.165, 1.54) is 11.3 Å². The molecule has 144 valence electrons. The van der Waals surface area contributed by atoms with Crippen molar-refractivity contribution < 1.29 is 27.6 Å². The summed E-state index contributed by atoms with van der Waals surface area (Å²) in [5, 5.41) is 6.63. The van der Waals surface area contributed by atoms with Crippen LogP contribution in [0, 0.1) is 0 Å². The van der Waals surface area contributed by atoms with Gasteiger partial charge in [0.2, 0.25) is 11.8 Å². The van der Waals surface area contributed by atoms with Crippen LogP contribution in [0.2, 0.25) is 0 Å². The van der Waals surface area contributed by atoms with Gasteiger partial charge in [-0.05, 0) is 11.4 Å². The third-order valence-corrected chi connectivity index (χ3v) is 4.58. The lowest BCUT2D eigenvalue weighted by atomic mass is 10.2. The van der Waals surface area contributed by atoms with Crippen molar-refractivity contribution in [3.63, 3.8) is 0 Å². The molecular formula is C15H19F3N4O3S. The van der Waals surface area contributed by atoms with Crippen molar-refractivity contribution in [3.8, 4) is 0 Å². The third kappa shape index (κ3) is 7.00. The molecule has 0 spiro atoms. The molecule has 1 saturated heterocycles. The zero-order valence-corrected chi connectivity index (χ0v) is 14.7. The van der Waals surface area contributed by atoms with Gasteiger partial charge in [0.1, 0.15) is 6.42 Å². The van der Waals surface area contributed by atoms with Gasteiger partial charge in [-0.2, -0.15) is 13.2 Å². The minimum absolute atomic E-state index is 0.0618. The van der Waals surface area contributed by atoms with Crippen LogP contribution in [0.3, 0.4) is 0 Å². The Labute approximate surface area is 152 Å². The Balaban J connectivity index is 1.66. The summed E-state index contributed by atoms with van der Waals surface area (Å²) >= 11 is 1.48. The number of nitrogens with zero attached hydrogens (tertiary/aromatic N) is 2. The number of imide groups is 1. The predicted molar refractivity (Wildman–Crippen MR) is 88.4 cm³/mol. The highest BCUT2D eigenvalue weighted by Gasteiger charge is 2.34. The van der Waals surface area contributed by atoms with E-state index in [1.54, 1.807) is 4.90 Å². The number of hydrogen-bond donors (Lipinski definition) is 2. The predicted octanol–water partition coefficient (Wildman–Crippen LogP) is 1.17. The van der Waals surface area contributed by atoms with E-state index in [9.17, 15) is 27.6 Å². The van der Waals surface area contributed by atoms with E-state index in [2.05, 4.69) is 10.6 Å². The zero-order chi connectivity index (χ0) is 19.2. The summed E-state index contributed by atoms with van der Waals surface area (Å²) in [6, 6.07) is 3.10. The lowest BCUT2D eigenvalue weighted by Gasteiger charge is -2.34. The maximum atomic E-state index is 12.2. The van der Waals surface area contributed by atoms with Gasteiger partial charge in [0.05, 0.1) is 13.1 Å². The normalized spacial score (nSPS) is 15.6. The molecule has 0 aliphatic carbocycles. The van der Waals surface area contributed by atoms with Gasteiger partial charge in [0.15, 0.2) is 0 Å². The summed E-state index contributed by atoms with van der Waals surface area (Å²) in [6.45, 7) is 1.03. The Kier molecular flexibility index (Phi) is 6.98. The smallest absolute Gasteiger partial charge is 0.340 e. The van der Waals surface area contributed by atoms with Crippen molar-refractivity contribution in [1.82, 2.24) is 20.4 Å². The summed E-state index contributed by atoms with van der Waals surface area (Å²) in [5.74, 6) is -1.47. The number of alkyl halides is 3. The molecule has 2 rings (SSSR count). The second-order valence-electron chi connectivity index (χ2n) is 5.76. The van der Waals surface area contributed by atoms with E-state index in [0.29, 0.717) is 6.54 Å². The van der Waals surface area contributed by atoms with E-state index in [-0.39, 0.29) is 32.7 Å². The van der Waals surface area contributed by atoms with Crippen LogP contribution < -0.4 is 10.6 Å². The topological polar surface area (TPSA) is 81.8 Å². The van der Waals surface area contributed by atoms with Crippen LogP contribution in [0.4, 0.5) is 18.0 Å². The van der Waals surface area contributed by atoms with E-state index >= 15 is 0 Å². The van der Waals surface area contributed by atoms with Crippen LogP contribution in [-0.4, -0.2) is 66.5 Å². The van der Waals surface area contributed by atoms with Crippen molar-refractivity contribution >= 4 is 29.2 Å². The van der Waals surface area contributed by atoms with Crippen molar-refractivity contribution in [1.29, 1.82) is 0 Å². The highest BCUT2D eigenvalue weighted by molar-refractivity contribution is 7.09. The molecule has 0 aromatic carbocycles. The van der Waals surface area contributed by atoms with E-state index in [0.717, 1.165) is 9.78 Å². The number of carbonyl (C=O) groups excluding carboxylic acids is 3. The standard InChI is InChI=1S/C15H19F3N4O3S/c16-15(17,18)8-13(24)22-5-3-21(4-6-22)10-12(23)20-14(25)19-9-11-2-1-7-26-11/h1-2,7H,3-6,8-10H2,(H2,19,20,23,25). The van der Waals surface area contributed by atoms with Crippen molar-refractivity contribution in [2.45, 2.75) is 19.1 Å². The van der Waals surface area contributed by atoms with Gasteiger partial charge in [-0.25, -0.2) is 4.79 Å². The summed E-state index contributed by atoms with van der Waals surface area (Å²) in [4.78, 5) is 38.8. The summed E-state index contributed by atoms with van der Waals surface area (Å²) in [5.41, 5.74) is 0. The molecule has 1 fully saturated rings. The lowest BCUT2D eigenvalue weighted by molar-refractivity contribution is -0.162. The molecule has 26 heavy (non-hydrogen) atoms. The van der Waals surface area contributed by atoms with Gasteiger partial charge in [0, 0.05) is 31.1 Å². The van der Waals surface area contributed by atoms with Gasteiger partial charge >= 0.3 is 12.2 Å². The molecule has 1 aliphatic rings. The summed E-state index contributed by atoms with van der Waals surface area (Å²) in [7, 11) is 0. The van der Waals surface area contributed by atoms with Crippen LogP contribution in [-0.2, 0) is 16.1 Å². The number of thiophene rings is 1. The van der Waals surface area contributed by atoms with Crippen LogP contribution in [0.1, 0.15) is 11.3 Å². The Morgan fingerprint density at radius 2 is 1.85 bits per heavy atom. The maximum absolute atomic E-state index is 12.2. The van der Waals surface area contributed by atoms with Crippen molar-refractivity contribution in [2.24, 2.45) is 0 Å². The van der Waals surface area contributed by atoms with Crippen molar-refractivity contribution in [3.05, 3.63) is 22.4 Å². The number of rotatable bonds is 5. The minimum atomic E-state index is -4.52. The molecule has 0 radical (unpaired) electrons. The first kappa shape index (κ1) is 20.2. The number of nitrogens with one attached hydrogen (secondary N) is 2. The highest BCUT2D eigenvalue weighted by atomic mass is 32.1. The molecule has 11 heteroatoms. The Morgan fingerprint density at radius 3 is 2.42 bits per heavy atom. The molecular weight excluding hydrogens is 373 g/mol. The molecule has 7 nitrogen and oxygen atoms in total. The third-order valence-electron chi connectivity index (χ3n) is 3.70. The van der Waals surface area contributed by atoms with E-state index in [1.807, 2.05) is 17.5 Å². The average molecular weight is 392 g/mol. The minimum Gasteiger partial charge on any atom is -0.340 e. The number of hydrogen-bond acceptors (Lipinski definition) is 5. The highest BCUT2D eigenvalue weighted by Crippen LogP contribution is 2.21. The molecule has 0 saturated carbocycles. The zero-order valence-electron chi connectivity index (χ0n) is 13.8. The molecule has 1 aliphatic heterocycles. The fourth-order valence-corrected chi connectivity index (χ4v) is 3.08. The van der Waals surface area contributed by atoms with Gasteiger partial charge in [0.25, 0.3) is 0 Å². The van der Waals surface area contributed by atoms with Gasteiger partial charge in [-0.3, -0.25) is 19.8 Å². The molecule has 0 atom stereocenters. The number of carbonyl (C=O) groups is 3. The van der Waals surface area contributed by atoms with Crippen LogP contribution >= 0.6 is 11.3 Å². The van der Waals surface area contributed by atoms with E-state index < -0.39 is 30.4 Å². The number of urea groups is 1. The van der Waals surface area contributed by atoms with Gasteiger partial charge in [-0.15, -0.1) is 11.3 Å². The fourth-order valence-electron chi connectivity index (χ4n) is 2.43. The number of piperazine rings is 1. The Morgan fingerprint density at radius 1 is 1.15 bits per heavy atom. The first-order valence-electron chi connectivity index (χ1n) is 7.90. The second-order valence-corrected chi connectivity index (χ2v) is 6.79. The largest absolute Gasteiger partial charge is 0.397 e. The monoisotopic (exact) mass is 392 g/mol. The average Bonchev–Trinajstić information content (AvgIpc) is 3.05. The molecule has 1 aromatic heterocycles. The quantitative estimate of drug-likeness (QED) is 0.788. The van der Waals surface area contributed by atoms with Gasteiger partial charge < -0.3 is 10.2 Å². The first-order valence-corrected chi connectivity index (χ1v) is 8.78. The Bertz CT molecular complexity index is 629. The number of amides is 4. The molecule has 1 aromatic rings. The van der Waals surface area contributed by atoms with Crippen LogP contribution in [0.15, 0.2) is 17.5 Å². The van der Waals surface area contributed by atoms with E-state index in [4.69, 9.17) is 0 Å². The SMILES string of the molecule is O=C(CN1CCN(C(=O)CC(F)(F)F)CC1)NC(=O)NCc1cccs1. The number of halogens is 3. The van der Waals surface area contributed by atoms with Crippen molar-refractivity contribution in [2.75, 3.05) is 32.7 Å². The molecule has 2 N–H and O–H groups in total. The summed E-state index contributed by atoms with van der Waals surface area (Å²) in [6.07, 6.45) is -6.00.